The van der Waals surface area contributed by atoms with Gasteiger partial charge in [0.05, 0.1) is 42.6 Å². The van der Waals surface area contributed by atoms with Crippen molar-refractivity contribution in [3.63, 3.8) is 0 Å². The van der Waals surface area contributed by atoms with Crippen molar-refractivity contribution in [1.29, 1.82) is 0 Å². The average molecular weight is 417 g/mol. The molecule has 6 nitrogen and oxygen atoms in total. The molecule has 0 saturated heterocycles. The fraction of sp³-hybridized carbons (Fsp3) is 0.158. The summed E-state index contributed by atoms with van der Waals surface area (Å²) in [6.07, 6.45) is 1.69. The van der Waals surface area contributed by atoms with Crippen LogP contribution in [-0.2, 0) is 0 Å². The van der Waals surface area contributed by atoms with Crippen LogP contribution in [0.5, 0.6) is 17.2 Å². The second-order valence-corrected chi connectivity index (χ2v) is 6.13. The Labute approximate surface area is 159 Å². The molecule has 0 saturated carbocycles. The van der Waals surface area contributed by atoms with Gasteiger partial charge in [-0.3, -0.25) is 9.78 Å². The van der Waals surface area contributed by atoms with Gasteiger partial charge in [-0.15, -0.1) is 0 Å². The molecule has 0 unspecified atom stereocenters. The first-order chi connectivity index (χ1) is 12.6. The highest BCUT2D eigenvalue weighted by Gasteiger charge is 2.23. The summed E-state index contributed by atoms with van der Waals surface area (Å²) >= 11 is 3.42. The van der Waals surface area contributed by atoms with Gasteiger partial charge in [0, 0.05) is 11.6 Å². The lowest BCUT2D eigenvalue weighted by Gasteiger charge is -2.16. The number of hydrogen-bond acceptors (Lipinski definition) is 5. The Morgan fingerprint density at radius 2 is 1.77 bits per heavy atom. The number of fused-ring (bicyclic) bond motifs is 1. The molecular formula is C19H17BrN2O4. The van der Waals surface area contributed by atoms with Gasteiger partial charge in [-0.2, -0.15) is 0 Å². The lowest BCUT2D eigenvalue weighted by molar-refractivity contribution is 0.102. The van der Waals surface area contributed by atoms with Gasteiger partial charge < -0.3 is 19.5 Å². The maximum atomic E-state index is 12.9. The summed E-state index contributed by atoms with van der Waals surface area (Å²) in [5.74, 6) is 0.862. The number of carbonyl (C=O) groups excluding carboxylic acids is 1. The number of amides is 1. The molecule has 1 amide bonds. The third-order valence-corrected chi connectivity index (χ3v) is 4.68. The van der Waals surface area contributed by atoms with E-state index in [0.717, 1.165) is 5.39 Å². The number of anilines is 1. The summed E-state index contributed by atoms with van der Waals surface area (Å²) < 4.78 is 16.5. The van der Waals surface area contributed by atoms with Gasteiger partial charge in [-0.25, -0.2) is 0 Å². The molecule has 0 aliphatic rings. The van der Waals surface area contributed by atoms with Crippen LogP contribution in [0.3, 0.4) is 0 Å². The van der Waals surface area contributed by atoms with Crippen LogP contribution in [-0.4, -0.2) is 32.2 Å². The number of methoxy groups -OCH3 is 3. The Bertz CT molecular complexity index is 970. The molecule has 0 spiro atoms. The summed E-state index contributed by atoms with van der Waals surface area (Å²) in [4.78, 5) is 17.2. The number of nitrogens with zero attached hydrogens (tertiary/aromatic N) is 1. The minimum atomic E-state index is -0.325. The summed E-state index contributed by atoms with van der Waals surface area (Å²) in [6.45, 7) is 0. The van der Waals surface area contributed by atoms with Crippen LogP contribution in [0.15, 0.2) is 47.1 Å². The monoisotopic (exact) mass is 416 g/mol. The second-order valence-electron chi connectivity index (χ2n) is 5.34. The zero-order valence-corrected chi connectivity index (χ0v) is 16.1. The van der Waals surface area contributed by atoms with Gasteiger partial charge in [0.25, 0.3) is 5.91 Å². The molecule has 3 rings (SSSR count). The van der Waals surface area contributed by atoms with Gasteiger partial charge >= 0.3 is 0 Å². The number of hydrogen-bond donors (Lipinski definition) is 1. The van der Waals surface area contributed by atoms with Gasteiger partial charge in [-0.1, -0.05) is 18.2 Å². The van der Waals surface area contributed by atoms with Crippen LogP contribution in [0.4, 0.5) is 5.69 Å². The zero-order valence-electron chi connectivity index (χ0n) is 14.5. The molecule has 3 aromatic rings. The average Bonchev–Trinajstić information content (AvgIpc) is 2.67. The molecule has 7 heteroatoms. The predicted octanol–water partition coefficient (Wildman–Crippen LogP) is 4.28. The minimum absolute atomic E-state index is 0.325. The molecule has 26 heavy (non-hydrogen) atoms. The molecule has 1 aromatic heterocycles. The maximum absolute atomic E-state index is 12.9. The molecule has 1 heterocycles. The summed E-state index contributed by atoms with van der Waals surface area (Å²) in [5, 5.41) is 3.84. The number of rotatable bonds is 5. The fourth-order valence-electron chi connectivity index (χ4n) is 2.68. The molecule has 0 aliphatic carbocycles. The van der Waals surface area contributed by atoms with Crippen molar-refractivity contribution in [2.45, 2.75) is 0 Å². The van der Waals surface area contributed by atoms with E-state index in [-0.39, 0.29) is 5.91 Å². The molecule has 1 N–H and O–H groups in total. The van der Waals surface area contributed by atoms with E-state index in [2.05, 4.69) is 26.2 Å². The first kappa shape index (κ1) is 18.0. The van der Waals surface area contributed by atoms with Crippen molar-refractivity contribution in [3.8, 4) is 17.2 Å². The lowest BCUT2D eigenvalue weighted by Crippen LogP contribution is -2.14. The van der Waals surface area contributed by atoms with Crippen molar-refractivity contribution < 1.29 is 19.0 Å². The van der Waals surface area contributed by atoms with E-state index >= 15 is 0 Å². The number of aromatic nitrogens is 1. The molecule has 0 bridgehead atoms. The normalized spacial score (nSPS) is 10.5. The van der Waals surface area contributed by atoms with E-state index in [9.17, 15) is 4.79 Å². The molecule has 0 radical (unpaired) electrons. The third kappa shape index (κ3) is 3.17. The zero-order chi connectivity index (χ0) is 18.7. The highest BCUT2D eigenvalue weighted by Crippen LogP contribution is 2.44. The lowest BCUT2D eigenvalue weighted by atomic mass is 10.1. The van der Waals surface area contributed by atoms with E-state index in [4.69, 9.17) is 14.2 Å². The van der Waals surface area contributed by atoms with Crippen molar-refractivity contribution in [2.24, 2.45) is 0 Å². The van der Waals surface area contributed by atoms with Crippen molar-refractivity contribution >= 4 is 38.4 Å². The Kier molecular flexibility index (Phi) is 5.27. The molecule has 0 atom stereocenters. The van der Waals surface area contributed by atoms with Crippen LogP contribution < -0.4 is 19.5 Å². The predicted molar refractivity (Wildman–Crippen MR) is 103 cm³/mol. The van der Waals surface area contributed by atoms with E-state index in [1.807, 2.05) is 24.3 Å². The molecule has 0 aliphatic heterocycles. The van der Waals surface area contributed by atoms with Crippen LogP contribution in [0.2, 0.25) is 0 Å². The number of halogens is 1. The highest BCUT2D eigenvalue weighted by molar-refractivity contribution is 9.10. The molecule has 134 valence electrons. The number of para-hydroxylation sites is 1. The first-order valence-electron chi connectivity index (χ1n) is 7.74. The standard InChI is InChI=1S/C19H17BrN2O4/c1-24-14-10-12(15(20)18(26-3)17(14)25-2)19(23)22-13-8-4-6-11-7-5-9-21-16(11)13/h4-10H,1-3H3,(H,22,23). The molecule has 2 aromatic carbocycles. The highest BCUT2D eigenvalue weighted by atomic mass is 79.9. The van der Waals surface area contributed by atoms with E-state index in [0.29, 0.717) is 38.5 Å². The van der Waals surface area contributed by atoms with Crippen LogP contribution in [0.25, 0.3) is 10.9 Å². The Balaban J connectivity index is 2.05. The number of benzene rings is 2. The molecular weight excluding hydrogens is 400 g/mol. The Morgan fingerprint density at radius 1 is 1.04 bits per heavy atom. The van der Waals surface area contributed by atoms with Gasteiger partial charge in [-0.05, 0) is 34.1 Å². The van der Waals surface area contributed by atoms with Gasteiger partial charge in [0.15, 0.2) is 11.5 Å². The van der Waals surface area contributed by atoms with E-state index < -0.39 is 0 Å². The summed E-state index contributed by atoms with van der Waals surface area (Å²) in [5.41, 5.74) is 1.69. The van der Waals surface area contributed by atoms with Crippen LogP contribution in [0.1, 0.15) is 10.4 Å². The van der Waals surface area contributed by atoms with Gasteiger partial charge in [0.1, 0.15) is 0 Å². The van der Waals surface area contributed by atoms with Crippen LogP contribution >= 0.6 is 15.9 Å². The third-order valence-electron chi connectivity index (χ3n) is 3.89. The number of nitrogens with one attached hydrogen (secondary N) is 1. The first-order valence-corrected chi connectivity index (χ1v) is 8.53. The number of ether oxygens (including phenoxy) is 3. The van der Waals surface area contributed by atoms with Crippen molar-refractivity contribution in [1.82, 2.24) is 4.98 Å². The Hall–Kier alpha value is -2.80. The maximum Gasteiger partial charge on any atom is 0.257 e. The molecule has 0 fully saturated rings. The van der Waals surface area contributed by atoms with E-state index in [1.165, 1.54) is 21.3 Å². The largest absolute Gasteiger partial charge is 0.493 e. The fourth-order valence-corrected chi connectivity index (χ4v) is 3.32. The minimum Gasteiger partial charge on any atom is -0.493 e. The second kappa shape index (κ2) is 7.61. The Morgan fingerprint density at radius 3 is 2.46 bits per heavy atom. The topological polar surface area (TPSA) is 69.7 Å². The SMILES string of the molecule is COc1cc(C(=O)Nc2cccc3cccnc23)c(Br)c(OC)c1OC. The smallest absolute Gasteiger partial charge is 0.257 e. The quantitative estimate of drug-likeness (QED) is 0.672. The van der Waals surface area contributed by atoms with Crippen LogP contribution in [0, 0.1) is 0 Å². The van der Waals surface area contributed by atoms with Crippen molar-refractivity contribution in [2.75, 3.05) is 26.6 Å². The number of pyridine rings is 1. The van der Waals surface area contributed by atoms with E-state index in [1.54, 1.807) is 18.3 Å². The summed E-state index contributed by atoms with van der Waals surface area (Å²) in [6, 6.07) is 11.0. The van der Waals surface area contributed by atoms with Crippen molar-refractivity contribution in [3.05, 3.63) is 52.6 Å². The summed E-state index contributed by atoms with van der Waals surface area (Å²) in [7, 11) is 4.51. The van der Waals surface area contributed by atoms with Gasteiger partial charge in [0.2, 0.25) is 5.75 Å². The number of carbonyl (C=O) groups is 1.